The van der Waals surface area contributed by atoms with Crippen molar-refractivity contribution >= 4 is 11.4 Å². The smallest absolute Gasteiger partial charge is 0.0546 e. The second-order valence-corrected chi connectivity index (χ2v) is 15.7. The van der Waals surface area contributed by atoms with E-state index in [4.69, 9.17) is 0 Å². The molecule has 2 unspecified atom stereocenters. The van der Waals surface area contributed by atoms with Crippen molar-refractivity contribution in [2.75, 3.05) is 4.90 Å². The summed E-state index contributed by atoms with van der Waals surface area (Å²) in [5.74, 6) is 0.327. The van der Waals surface area contributed by atoms with Gasteiger partial charge in [0.05, 0.1) is 5.69 Å². The fourth-order valence-corrected chi connectivity index (χ4v) is 10.1. The van der Waals surface area contributed by atoms with Gasteiger partial charge in [-0.15, -0.1) is 0 Å². The summed E-state index contributed by atoms with van der Waals surface area (Å²) in [4.78, 5) is 2.60. The predicted octanol–water partition coefficient (Wildman–Crippen LogP) is 13.8. The maximum absolute atomic E-state index is 2.60. The van der Waals surface area contributed by atoms with E-state index in [0.717, 1.165) is 6.42 Å². The highest BCUT2D eigenvalue weighted by molar-refractivity contribution is 5.96. The number of rotatable bonds is 6. The van der Waals surface area contributed by atoms with E-state index in [2.05, 4.69) is 214 Å². The zero-order chi connectivity index (χ0) is 36.4. The van der Waals surface area contributed by atoms with Crippen molar-refractivity contribution in [2.24, 2.45) is 0 Å². The number of hydrogen-bond donors (Lipinski definition) is 0. The first-order valence-electron chi connectivity index (χ1n) is 19.3. The second kappa shape index (κ2) is 12.5. The maximum Gasteiger partial charge on any atom is 0.0546 e. The summed E-state index contributed by atoms with van der Waals surface area (Å²) in [6.07, 6.45) is 5.83. The zero-order valence-electron chi connectivity index (χ0n) is 31.1. The average Bonchev–Trinajstić information content (AvgIpc) is 3.63. The third-order valence-electron chi connectivity index (χ3n) is 12.5. The summed E-state index contributed by atoms with van der Waals surface area (Å²) in [5.41, 5.74) is 19.1. The van der Waals surface area contributed by atoms with E-state index in [9.17, 15) is 0 Å². The lowest BCUT2D eigenvalue weighted by atomic mass is 9.74. The lowest BCUT2D eigenvalue weighted by molar-refractivity contribution is 0.602. The van der Waals surface area contributed by atoms with Gasteiger partial charge in [0.25, 0.3) is 0 Å². The molecule has 3 aliphatic carbocycles. The monoisotopic (exact) mass is 693 g/mol. The first kappa shape index (κ1) is 32.5. The van der Waals surface area contributed by atoms with Gasteiger partial charge in [0.1, 0.15) is 0 Å². The summed E-state index contributed by atoms with van der Waals surface area (Å²) >= 11 is 0. The van der Waals surface area contributed by atoms with Crippen molar-refractivity contribution in [1.82, 2.24) is 0 Å². The van der Waals surface area contributed by atoms with Gasteiger partial charge in [0.2, 0.25) is 0 Å². The fourth-order valence-electron chi connectivity index (χ4n) is 10.1. The number of anilines is 2. The molecular formula is C53H43N. The Bertz CT molecular complexity index is 2610. The van der Waals surface area contributed by atoms with Crippen LogP contribution in [0.15, 0.2) is 199 Å². The molecule has 0 saturated heterocycles. The molecule has 1 nitrogen and oxygen atoms in total. The number of allylic oxidation sites excluding steroid dienone is 3. The molecule has 3 aliphatic rings. The minimum absolute atomic E-state index is 0.140. The molecule has 0 saturated carbocycles. The van der Waals surface area contributed by atoms with Crippen LogP contribution < -0.4 is 4.90 Å². The Morgan fingerprint density at radius 2 is 1.13 bits per heavy atom. The van der Waals surface area contributed by atoms with Crippen LogP contribution >= 0.6 is 0 Å². The second-order valence-electron chi connectivity index (χ2n) is 15.7. The summed E-state index contributed by atoms with van der Waals surface area (Å²) in [5, 5.41) is 0. The van der Waals surface area contributed by atoms with E-state index in [0.29, 0.717) is 5.92 Å². The molecule has 7 aromatic carbocycles. The van der Waals surface area contributed by atoms with Gasteiger partial charge >= 0.3 is 0 Å². The predicted molar refractivity (Wildman–Crippen MR) is 226 cm³/mol. The first-order valence-corrected chi connectivity index (χ1v) is 19.3. The topological polar surface area (TPSA) is 3.24 Å². The molecule has 0 aliphatic heterocycles. The van der Waals surface area contributed by atoms with E-state index in [1.54, 1.807) is 0 Å². The fraction of sp³-hybridized carbons (Fsp3) is 0.132. The largest absolute Gasteiger partial charge is 0.310 e. The van der Waals surface area contributed by atoms with Crippen LogP contribution in [0.5, 0.6) is 0 Å². The van der Waals surface area contributed by atoms with Crippen LogP contribution in [0, 0.1) is 0 Å². The van der Waals surface area contributed by atoms with E-state index in [-0.39, 0.29) is 10.8 Å². The number of nitrogens with zero attached hydrogens (tertiary/aromatic N) is 1. The normalized spacial score (nSPS) is 18.8. The van der Waals surface area contributed by atoms with Crippen molar-refractivity contribution in [1.29, 1.82) is 0 Å². The molecule has 10 rings (SSSR count). The first-order chi connectivity index (χ1) is 26.5. The average molecular weight is 694 g/mol. The third-order valence-corrected chi connectivity index (χ3v) is 12.5. The molecule has 0 aromatic heterocycles. The summed E-state index contributed by atoms with van der Waals surface area (Å²) in [6.45, 7) is 7.26. The van der Waals surface area contributed by atoms with Crippen LogP contribution in [-0.4, -0.2) is 0 Å². The zero-order valence-corrected chi connectivity index (χ0v) is 31.1. The van der Waals surface area contributed by atoms with E-state index in [1.165, 1.54) is 83.8 Å². The molecule has 260 valence electrons. The summed E-state index contributed by atoms with van der Waals surface area (Å²) in [7, 11) is 0. The Kier molecular flexibility index (Phi) is 7.49. The van der Waals surface area contributed by atoms with Gasteiger partial charge in [0, 0.05) is 33.7 Å². The lowest BCUT2D eigenvalue weighted by Gasteiger charge is -2.37. The molecule has 0 N–H and O–H groups in total. The highest BCUT2D eigenvalue weighted by atomic mass is 15.2. The van der Waals surface area contributed by atoms with Crippen LogP contribution in [0.2, 0.25) is 0 Å². The number of benzene rings is 7. The standard InChI is InChI=1S/C53H43N/c1-52(2)45-29-15-13-25-41(45)43-28-18-32-49(51(43)52)54(48-31-17-27-40(36-19-7-4-8-20-36)50(48)37-21-9-5-10-22-37)39-33-34-47-44(35-39)42-26-14-16-30-46(42)53(47,3)38-23-11-6-12-24-38/h4-27,29-35,43H,28H2,1-3H3. The SMILES string of the molecule is CC1(C)C2=C(N(c3ccc4c(c3)-c3ccccc3C4(C)c3ccccc3)c3cccc(-c4ccccc4)c3-c3ccccc3)C=CCC2c2ccccc21. The Hall–Kier alpha value is -6.18. The Morgan fingerprint density at radius 1 is 0.519 bits per heavy atom. The Morgan fingerprint density at radius 3 is 1.89 bits per heavy atom. The van der Waals surface area contributed by atoms with Crippen LogP contribution in [0.1, 0.15) is 60.9 Å². The molecule has 0 fully saturated rings. The highest BCUT2D eigenvalue weighted by Crippen LogP contribution is 2.58. The molecule has 0 radical (unpaired) electrons. The van der Waals surface area contributed by atoms with Crippen molar-refractivity contribution < 1.29 is 0 Å². The van der Waals surface area contributed by atoms with Crippen molar-refractivity contribution in [3.63, 3.8) is 0 Å². The van der Waals surface area contributed by atoms with Gasteiger partial charge in [-0.05, 0) is 98.8 Å². The lowest BCUT2D eigenvalue weighted by Crippen LogP contribution is -2.27. The number of hydrogen-bond acceptors (Lipinski definition) is 1. The van der Waals surface area contributed by atoms with Gasteiger partial charge in [-0.2, -0.15) is 0 Å². The minimum atomic E-state index is -0.258. The molecule has 0 amide bonds. The van der Waals surface area contributed by atoms with Crippen LogP contribution in [0.25, 0.3) is 33.4 Å². The van der Waals surface area contributed by atoms with Gasteiger partial charge in [-0.1, -0.05) is 178 Å². The van der Waals surface area contributed by atoms with Gasteiger partial charge in [0.15, 0.2) is 0 Å². The molecule has 54 heavy (non-hydrogen) atoms. The Labute approximate surface area is 319 Å². The molecule has 0 spiro atoms. The van der Waals surface area contributed by atoms with Crippen molar-refractivity contribution in [3.8, 4) is 33.4 Å². The van der Waals surface area contributed by atoms with Crippen molar-refractivity contribution in [3.05, 3.63) is 227 Å². The van der Waals surface area contributed by atoms with Crippen LogP contribution in [0.4, 0.5) is 11.4 Å². The van der Waals surface area contributed by atoms with Gasteiger partial charge in [-0.25, -0.2) is 0 Å². The molecule has 1 heteroatoms. The van der Waals surface area contributed by atoms with E-state index >= 15 is 0 Å². The van der Waals surface area contributed by atoms with Gasteiger partial charge < -0.3 is 4.90 Å². The molecule has 7 aromatic rings. The van der Waals surface area contributed by atoms with Crippen LogP contribution in [-0.2, 0) is 10.8 Å². The number of fused-ring (bicyclic) bond motifs is 6. The summed E-state index contributed by atoms with van der Waals surface area (Å²) in [6, 6.07) is 65.2. The summed E-state index contributed by atoms with van der Waals surface area (Å²) < 4.78 is 0. The maximum atomic E-state index is 2.60. The van der Waals surface area contributed by atoms with Crippen LogP contribution in [0.3, 0.4) is 0 Å². The molecule has 0 bridgehead atoms. The molecular weight excluding hydrogens is 651 g/mol. The molecule has 2 atom stereocenters. The van der Waals surface area contributed by atoms with E-state index in [1.807, 2.05) is 0 Å². The molecule has 0 heterocycles. The van der Waals surface area contributed by atoms with Gasteiger partial charge in [-0.3, -0.25) is 0 Å². The third kappa shape index (κ3) is 4.78. The Balaban J connectivity index is 1.28. The van der Waals surface area contributed by atoms with E-state index < -0.39 is 0 Å². The quantitative estimate of drug-likeness (QED) is 0.168. The minimum Gasteiger partial charge on any atom is -0.310 e. The highest BCUT2D eigenvalue weighted by Gasteiger charge is 2.45. The van der Waals surface area contributed by atoms with Crippen molar-refractivity contribution in [2.45, 2.75) is 43.9 Å².